The Morgan fingerprint density at radius 2 is 2.06 bits per heavy atom. The highest BCUT2D eigenvalue weighted by atomic mass is 16.5. The van der Waals surface area contributed by atoms with Crippen LogP contribution >= 0.6 is 0 Å². The summed E-state index contributed by atoms with van der Waals surface area (Å²) in [6, 6.07) is 8.38. The predicted octanol–water partition coefficient (Wildman–Crippen LogP) is 2.50. The number of hydrogen-bond donors (Lipinski definition) is 1. The molecule has 0 bridgehead atoms. The van der Waals surface area contributed by atoms with Gasteiger partial charge in [-0.05, 0) is 37.1 Å². The Labute approximate surface area is 111 Å². The lowest BCUT2D eigenvalue weighted by Gasteiger charge is -2.33. The van der Waals surface area contributed by atoms with E-state index in [2.05, 4.69) is 44.9 Å². The predicted molar refractivity (Wildman–Crippen MR) is 76.8 cm³/mol. The van der Waals surface area contributed by atoms with Gasteiger partial charge in [0.1, 0.15) is 5.75 Å². The molecule has 3 heteroatoms. The van der Waals surface area contributed by atoms with Gasteiger partial charge in [0.2, 0.25) is 0 Å². The SMILES string of the molecule is COc1cccc(CN(C)CC(C)(C)C(C)N)c1. The van der Waals surface area contributed by atoms with Crippen LogP contribution in [0.25, 0.3) is 0 Å². The highest BCUT2D eigenvalue weighted by Crippen LogP contribution is 2.21. The largest absolute Gasteiger partial charge is 0.497 e. The fraction of sp³-hybridized carbons (Fsp3) is 0.600. The van der Waals surface area contributed by atoms with Crippen LogP contribution in [0, 0.1) is 5.41 Å². The molecule has 0 amide bonds. The maximum absolute atomic E-state index is 6.01. The molecule has 0 saturated carbocycles. The summed E-state index contributed by atoms with van der Waals surface area (Å²) in [6.07, 6.45) is 0. The van der Waals surface area contributed by atoms with Gasteiger partial charge in [-0.2, -0.15) is 0 Å². The third-order valence-electron chi connectivity index (χ3n) is 3.50. The van der Waals surface area contributed by atoms with Gasteiger partial charge in [-0.15, -0.1) is 0 Å². The lowest BCUT2D eigenvalue weighted by molar-refractivity contribution is 0.178. The van der Waals surface area contributed by atoms with Crippen LogP contribution in [0.3, 0.4) is 0 Å². The number of nitrogens with zero attached hydrogens (tertiary/aromatic N) is 1. The standard InChI is InChI=1S/C15H26N2O/c1-12(16)15(2,3)11-17(4)10-13-7-6-8-14(9-13)18-5/h6-9,12H,10-11,16H2,1-5H3. The van der Waals surface area contributed by atoms with E-state index in [0.29, 0.717) is 0 Å². The number of hydrogen-bond acceptors (Lipinski definition) is 3. The van der Waals surface area contributed by atoms with Crippen molar-refractivity contribution in [3.05, 3.63) is 29.8 Å². The molecule has 1 aromatic carbocycles. The normalized spacial score (nSPS) is 13.7. The molecule has 1 unspecified atom stereocenters. The first-order chi connectivity index (χ1) is 8.35. The third-order valence-corrected chi connectivity index (χ3v) is 3.50. The maximum Gasteiger partial charge on any atom is 0.119 e. The summed E-state index contributed by atoms with van der Waals surface area (Å²) in [5.41, 5.74) is 7.39. The Hall–Kier alpha value is -1.06. The van der Waals surface area contributed by atoms with Crippen molar-refractivity contribution in [3.8, 4) is 5.75 Å². The average Bonchev–Trinajstić information content (AvgIpc) is 2.28. The van der Waals surface area contributed by atoms with Crippen molar-refractivity contribution in [2.24, 2.45) is 11.1 Å². The first-order valence-electron chi connectivity index (χ1n) is 6.42. The molecule has 0 spiro atoms. The topological polar surface area (TPSA) is 38.5 Å². The molecule has 1 aromatic rings. The number of ether oxygens (including phenoxy) is 1. The number of rotatable bonds is 6. The van der Waals surface area contributed by atoms with E-state index in [1.54, 1.807) is 7.11 Å². The molecule has 0 fully saturated rings. The van der Waals surface area contributed by atoms with Crippen molar-refractivity contribution in [3.63, 3.8) is 0 Å². The second kappa shape index (κ2) is 6.21. The molecule has 1 rings (SSSR count). The minimum Gasteiger partial charge on any atom is -0.497 e. The molecule has 3 nitrogen and oxygen atoms in total. The zero-order chi connectivity index (χ0) is 13.8. The van der Waals surface area contributed by atoms with Gasteiger partial charge >= 0.3 is 0 Å². The van der Waals surface area contributed by atoms with Crippen LogP contribution in [-0.2, 0) is 6.54 Å². The molecular weight excluding hydrogens is 224 g/mol. The highest BCUT2D eigenvalue weighted by Gasteiger charge is 2.24. The second-order valence-electron chi connectivity index (χ2n) is 5.80. The van der Waals surface area contributed by atoms with Crippen molar-refractivity contribution < 1.29 is 4.74 Å². The van der Waals surface area contributed by atoms with Crippen molar-refractivity contribution in [2.45, 2.75) is 33.4 Å². The smallest absolute Gasteiger partial charge is 0.119 e. The monoisotopic (exact) mass is 250 g/mol. The number of benzene rings is 1. The Morgan fingerprint density at radius 1 is 1.39 bits per heavy atom. The summed E-state index contributed by atoms with van der Waals surface area (Å²) < 4.78 is 5.24. The Morgan fingerprint density at radius 3 is 2.61 bits per heavy atom. The minimum absolute atomic E-state index is 0.119. The fourth-order valence-electron chi connectivity index (χ4n) is 1.98. The van der Waals surface area contributed by atoms with Crippen LogP contribution in [0.1, 0.15) is 26.3 Å². The molecule has 0 saturated heterocycles. The van der Waals surface area contributed by atoms with Crippen molar-refractivity contribution in [1.82, 2.24) is 4.90 Å². The highest BCUT2D eigenvalue weighted by molar-refractivity contribution is 5.28. The molecular formula is C15H26N2O. The van der Waals surface area contributed by atoms with Crippen LogP contribution in [0.15, 0.2) is 24.3 Å². The molecule has 2 N–H and O–H groups in total. The number of methoxy groups -OCH3 is 1. The third kappa shape index (κ3) is 4.31. The first-order valence-corrected chi connectivity index (χ1v) is 6.42. The number of nitrogens with two attached hydrogens (primary N) is 1. The van der Waals surface area contributed by atoms with Crippen LogP contribution in [0.5, 0.6) is 5.75 Å². The zero-order valence-electron chi connectivity index (χ0n) is 12.2. The van der Waals surface area contributed by atoms with Gasteiger partial charge in [0.05, 0.1) is 7.11 Å². The van der Waals surface area contributed by atoms with Gasteiger partial charge < -0.3 is 15.4 Å². The van der Waals surface area contributed by atoms with E-state index in [1.165, 1.54) is 5.56 Å². The van der Waals surface area contributed by atoms with E-state index >= 15 is 0 Å². The zero-order valence-corrected chi connectivity index (χ0v) is 12.2. The Balaban J connectivity index is 2.61. The summed E-state index contributed by atoms with van der Waals surface area (Å²) >= 11 is 0. The molecule has 0 aliphatic carbocycles. The summed E-state index contributed by atoms with van der Waals surface area (Å²) in [5, 5.41) is 0. The second-order valence-corrected chi connectivity index (χ2v) is 5.80. The molecule has 0 heterocycles. The van der Waals surface area contributed by atoms with E-state index in [0.717, 1.165) is 18.8 Å². The van der Waals surface area contributed by atoms with E-state index in [1.807, 2.05) is 12.1 Å². The molecule has 1 atom stereocenters. The van der Waals surface area contributed by atoms with Gasteiger partial charge in [-0.25, -0.2) is 0 Å². The van der Waals surface area contributed by atoms with Crippen LogP contribution in [0.2, 0.25) is 0 Å². The van der Waals surface area contributed by atoms with Crippen LogP contribution in [-0.4, -0.2) is 31.6 Å². The minimum atomic E-state index is 0.119. The molecule has 102 valence electrons. The van der Waals surface area contributed by atoms with Crippen molar-refractivity contribution in [1.29, 1.82) is 0 Å². The van der Waals surface area contributed by atoms with E-state index in [9.17, 15) is 0 Å². The summed E-state index contributed by atoms with van der Waals surface area (Å²) in [5.74, 6) is 0.910. The molecule has 0 radical (unpaired) electrons. The Bertz CT molecular complexity index is 375. The van der Waals surface area contributed by atoms with Crippen molar-refractivity contribution >= 4 is 0 Å². The van der Waals surface area contributed by atoms with Crippen LogP contribution < -0.4 is 10.5 Å². The van der Waals surface area contributed by atoms with E-state index < -0.39 is 0 Å². The summed E-state index contributed by atoms with van der Waals surface area (Å²) in [6.45, 7) is 8.37. The fourth-order valence-corrected chi connectivity index (χ4v) is 1.98. The lowest BCUT2D eigenvalue weighted by atomic mass is 9.85. The molecule has 0 aliphatic rings. The van der Waals surface area contributed by atoms with Gasteiger partial charge in [-0.3, -0.25) is 0 Å². The summed E-state index contributed by atoms with van der Waals surface area (Å²) in [7, 11) is 3.83. The van der Waals surface area contributed by atoms with Crippen LogP contribution in [0.4, 0.5) is 0 Å². The quantitative estimate of drug-likeness (QED) is 0.843. The molecule has 18 heavy (non-hydrogen) atoms. The lowest BCUT2D eigenvalue weighted by Crippen LogP contribution is -2.42. The first kappa shape index (κ1) is 15.0. The van der Waals surface area contributed by atoms with Crippen molar-refractivity contribution in [2.75, 3.05) is 20.7 Å². The Kier molecular flexibility index (Phi) is 5.17. The van der Waals surface area contributed by atoms with Gasteiger partial charge in [-0.1, -0.05) is 26.0 Å². The average molecular weight is 250 g/mol. The van der Waals surface area contributed by atoms with Gasteiger partial charge in [0, 0.05) is 19.1 Å². The van der Waals surface area contributed by atoms with Gasteiger partial charge in [0.15, 0.2) is 0 Å². The molecule has 0 aliphatic heterocycles. The molecule has 0 aromatic heterocycles. The van der Waals surface area contributed by atoms with Gasteiger partial charge in [0.25, 0.3) is 0 Å². The van der Waals surface area contributed by atoms with E-state index in [-0.39, 0.29) is 11.5 Å². The summed E-state index contributed by atoms with van der Waals surface area (Å²) in [4.78, 5) is 2.30. The maximum atomic E-state index is 6.01. The van der Waals surface area contributed by atoms with E-state index in [4.69, 9.17) is 10.5 Å².